The summed E-state index contributed by atoms with van der Waals surface area (Å²) in [5, 5.41) is 0. The van der Waals surface area contributed by atoms with Gasteiger partial charge >= 0.3 is 0 Å². The molecule has 0 bridgehead atoms. The van der Waals surface area contributed by atoms with Crippen molar-refractivity contribution in [3.05, 3.63) is 18.0 Å². The van der Waals surface area contributed by atoms with E-state index in [1.54, 1.807) is 0 Å². The van der Waals surface area contributed by atoms with Crippen LogP contribution < -0.4 is 4.90 Å². The monoisotopic (exact) mass is 263 g/mol. The van der Waals surface area contributed by atoms with Crippen LogP contribution in [-0.4, -0.2) is 23.1 Å². The third kappa shape index (κ3) is 6.04. The summed E-state index contributed by atoms with van der Waals surface area (Å²) in [4.78, 5) is 11.4. The second kappa shape index (κ2) is 7.46. The summed E-state index contributed by atoms with van der Waals surface area (Å²) in [6.45, 7) is 13.3. The summed E-state index contributed by atoms with van der Waals surface area (Å²) in [6.07, 6.45) is 8.45. The molecule has 0 radical (unpaired) electrons. The zero-order valence-corrected chi connectivity index (χ0v) is 13.2. The Bertz CT molecular complexity index is 351. The molecule has 0 fully saturated rings. The molecule has 0 spiro atoms. The van der Waals surface area contributed by atoms with Crippen molar-refractivity contribution in [1.29, 1.82) is 0 Å². The van der Waals surface area contributed by atoms with E-state index < -0.39 is 0 Å². The fraction of sp³-hybridized carbons (Fsp3) is 0.750. The van der Waals surface area contributed by atoms with Crippen LogP contribution >= 0.6 is 0 Å². The summed E-state index contributed by atoms with van der Waals surface area (Å²) in [7, 11) is 0. The summed E-state index contributed by atoms with van der Waals surface area (Å²) in [5.74, 6) is 0.881. The van der Waals surface area contributed by atoms with Gasteiger partial charge in [-0.25, -0.2) is 9.97 Å². The van der Waals surface area contributed by atoms with E-state index in [4.69, 9.17) is 0 Å². The van der Waals surface area contributed by atoms with Gasteiger partial charge in [0.25, 0.3) is 0 Å². The first-order valence-corrected chi connectivity index (χ1v) is 7.52. The molecule has 0 aromatic carbocycles. The average Bonchev–Trinajstić information content (AvgIpc) is 2.35. The molecule has 3 heteroatoms. The van der Waals surface area contributed by atoms with Crippen molar-refractivity contribution in [3.63, 3.8) is 0 Å². The maximum Gasteiger partial charge on any atom is 0.225 e. The number of hydrogen-bond acceptors (Lipinski definition) is 3. The van der Waals surface area contributed by atoms with Crippen molar-refractivity contribution in [2.75, 3.05) is 18.0 Å². The SMILES string of the molecule is CCCc1cnc(N(CCC)CCC(C)(C)C)nc1. The molecule has 3 nitrogen and oxygen atoms in total. The van der Waals surface area contributed by atoms with Gasteiger partial charge in [-0.2, -0.15) is 0 Å². The number of anilines is 1. The Labute approximate surface area is 118 Å². The molecule has 0 atom stereocenters. The first kappa shape index (κ1) is 15.9. The van der Waals surface area contributed by atoms with E-state index in [0.29, 0.717) is 5.41 Å². The number of aryl methyl sites for hydroxylation is 1. The summed E-state index contributed by atoms with van der Waals surface area (Å²) < 4.78 is 0. The Balaban J connectivity index is 2.69. The first-order valence-electron chi connectivity index (χ1n) is 7.52. The Morgan fingerprint density at radius 3 is 2.11 bits per heavy atom. The predicted octanol–water partition coefficient (Wildman–Crippen LogP) is 4.08. The van der Waals surface area contributed by atoms with E-state index in [2.05, 4.69) is 49.5 Å². The smallest absolute Gasteiger partial charge is 0.225 e. The van der Waals surface area contributed by atoms with Gasteiger partial charge in [-0.3, -0.25) is 0 Å². The van der Waals surface area contributed by atoms with Crippen LogP contribution in [0.4, 0.5) is 5.95 Å². The highest BCUT2D eigenvalue weighted by Gasteiger charge is 2.15. The second-order valence-electron chi connectivity index (χ2n) is 6.44. The van der Waals surface area contributed by atoms with Gasteiger partial charge in [-0.1, -0.05) is 41.0 Å². The quantitative estimate of drug-likeness (QED) is 0.742. The van der Waals surface area contributed by atoms with Crippen LogP contribution in [0, 0.1) is 5.41 Å². The molecule has 0 saturated heterocycles. The van der Waals surface area contributed by atoms with E-state index >= 15 is 0 Å². The largest absolute Gasteiger partial charge is 0.341 e. The Morgan fingerprint density at radius 1 is 1.00 bits per heavy atom. The lowest BCUT2D eigenvalue weighted by molar-refractivity contribution is 0.377. The third-order valence-corrected chi connectivity index (χ3v) is 3.14. The minimum atomic E-state index is 0.355. The predicted molar refractivity (Wildman–Crippen MR) is 82.6 cm³/mol. The van der Waals surface area contributed by atoms with Crippen molar-refractivity contribution in [1.82, 2.24) is 9.97 Å². The minimum absolute atomic E-state index is 0.355. The van der Waals surface area contributed by atoms with Gasteiger partial charge in [0.05, 0.1) is 0 Å². The van der Waals surface area contributed by atoms with Gasteiger partial charge in [0.1, 0.15) is 0 Å². The highest BCUT2D eigenvalue weighted by Crippen LogP contribution is 2.20. The molecule has 0 unspecified atom stereocenters. The van der Waals surface area contributed by atoms with Gasteiger partial charge < -0.3 is 4.90 Å². The molecule has 108 valence electrons. The number of hydrogen-bond donors (Lipinski definition) is 0. The lowest BCUT2D eigenvalue weighted by Gasteiger charge is -2.26. The molecule has 0 aliphatic rings. The van der Waals surface area contributed by atoms with Crippen molar-refractivity contribution in [2.45, 2.75) is 60.3 Å². The van der Waals surface area contributed by atoms with Crippen LogP contribution in [0.2, 0.25) is 0 Å². The first-order chi connectivity index (χ1) is 8.96. The van der Waals surface area contributed by atoms with Gasteiger partial charge in [-0.15, -0.1) is 0 Å². The van der Waals surface area contributed by atoms with E-state index in [1.165, 1.54) is 5.56 Å². The minimum Gasteiger partial charge on any atom is -0.341 e. The van der Waals surface area contributed by atoms with Crippen LogP contribution in [0.25, 0.3) is 0 Å². The molecule has 0 amide bonds. The number of rotatable bonds is 7. The molecule has 1 heterocycles. The lowest BCUT2D eigenvalue weighted by atomic mass is 9.92. The summed E-state index contributed by atoms with van der Waals surface area (Å²) in [5.41, 5.74) is 1.59. The van der Waals surface area contributed by atoms with Crippen LogP contribution in [0.5, 0.6) is 0 Å². The fourth-order valence-electron chi connectivity index (χ4n) is 1.98. The second-order valence-corrected chi connectivity index (χ2v) is 6.44. The third-order valence-electron chi connectivity index (χ3n) is 3.14. The molecule has 0 aliphatic heterocycles. The molecular weight excluding hydrogens is 234 g/mol. The molecular formula is C16H29N3. The van der Waals surface area contributed by atoms with E-state index in [-0.39, 0.29) is 0 Å². The molecule has 0 saturated carbocycles. The van der Waals surface area contributed by atoms with Crippen LogP contribution in [0.1, 0.15) is 59.4 Å². The van der Waals surface area contributed by atoms with Gasteiger partial charge in [-0.05, 0) is 30.2 Å². The zero-order valence-electron chi connectivity index (χ0n) is 13.2. The van der Waals surface area contributed by atoms with Gasteiger partial charge in [0.15, 0.2) is 0 Å². The standard InChI is InChI=1S/C16H29N3/c1-6-8-14-12-17-15(18-13-14)19(10-7-2)11-9-16(3,4)5/h12-13H,6-11H2,1-5H3. The molecule has 1 rings (SSSR count). The molecule has 19 heavy (non-hydrogen) atoms. The normalized spacial score (nSPS) is 11.6. The Hall–Kier alpha value is -1.12. The summed E-state index contributed by atoms with van der Waals surface area (Å²) in [6, 6.07) is 0. The lowest BCUT2D eigenvalue weighted by Crippen LogP contribution is -2.29. The van der Waals surface area contributed by atoms with Crippen molar-refractivity contribution >= 4 is 5.95 Å². The molecule has 0 aliphatic carbocycles. The Kier molecular flexibility index (Phi) is 6.26. The maximum atomic E-state index is 4.53. The van der Waals surface area contributed by atoms with Crippen molar-refractivity contribution in [3.8, 4) is 0 Å². The summed E-state index contributed by atoms with van der Waals surface area (Å²) >= 11 is 0. The van der Waals surface area contributed by atoms with E-state index in [1.807, 2.05) is 12.4 Å². The average molecular weight is 263 g/mol. The maximum absolute atomic E-state index is 4.53. The van der Waals surface area contributed by atoms with Crippen molar-refractivity contribution < 1.29 is 0 Å². The highest BCUT2D eigenvalue weighted by molar-refractivity contribution is 5.29. The fourth-order valence-corrected chi connectivity index (χ4v) is 1.98. The molecule has 1 aromatic rings. The molecule has 1 aromatic heterocycles. The number of nitrogens with zero attached hydrogens (tertiary/aromatic N) is 3. The van der Waals surface area contributed by atoms with Gasteiger partial charge in [0.2, 0.25) is 5.95 Å². The zero-order chi connectivity index (χ0) is 14.3. The van der Waals surface area contributed by atoms with E-state index in [0.717, 1.165) is 44.7 Å². The Morgan fingerprint density at radius 2 is 1.63 bits per heavy atom. The topological polar surface area (TPSA) is 29.0 Å². The number of aromatic nitrogens is 2. The molecule has 0 N–H and O–H groups in total. The highest BCUT2D eigenvalue weighted by atomic mass is 15.2. The van der Waals surface area contributed by atoms with Gasteiger partial charge in [0, 0.05) is 25.5 Å². The van der Waals surface area contributed by atoms with Crippen LogP contribution in [0.3, 0.4) is 0 Å². The van der Waals surface area contributed by atoms with E-state index in [9.17, 15) is 0 Å². The van der Waals surface area contributed by atoms with Crippen molar-refractivity contribution in [2.24, 2.45) is 5.41 Å². The van der Waals surface area contributed by atoms with Crippen LogP contribution in [0.15, 0.2) is 12.4 Å². The van der Waals surface area contributed by atoms with Crippen LogP contribution in [-0.2, 0) is 6.42 Å².